The second kappa shape index (κ2) is 8.52. The third-order valence-corrected chi connectivity index (χ3v) is 8.34. The van der Waals surface area contributed by atoms with Gasteiger partial charge < -0.3 is 9.88 Å². The van der Waals surface area contributed by atoms with E-state index in [0.717, 1.165) is 53.3 Å². The summed E-state index contributed by atoms with van der Waals surface area (Å²) in [6.07, 6.45) is 4.75. The van der Waals surface area contributed by atoms with E-state index in [4.69, 9.17) is 4.98 Å². The molecule has 1 aliphatic rings. The standard InChI is InChI=1S/C23H22N6OS2/c1-3-17(21(30)26-22-15(12-24)13-8-5-7-11-18(13)31-22)32-23-25-20-19(27-28-23)14-9-4-6-10-16(14)29(20)2/h4,6,9-10,17H,3,5,7-8,11H2,1-2H3,(H,26,30). The Kier molecular flexibility index (Phi) is 5.57. The van der Waals surface area contributed by atoms with Crippen molar-refractivity contribution in [1.82, 2.24) is 19.7 Å². The summed E-state index contributed by atoms with van der Waals surface area (Å²) in [7, 11) is 1.96. The summed E-state index contributed by atoms with van der Waals surface area (Å²) in [6.45, 7) is 1.96. The van der Waals surface area contributed by atoms with Crippen molar-refractivity contribution in [3.05, 3.63) is 40.3 Å². The molecule has 3 aromatic heterocycles. The lowest BCUT2D eigenvalue weighted by atomic mass is 9.96. The number of rotatable bonds is 5. The molecule has 1 unspecified atom stereocenters. The van der Waals surface area contributed by atoms with Crippen LogP contribution in [0.4, 0.5) is 5.00 Å². The predicted octanol–water partition coefficient (Wildman–Crippen LogP) is 4.84. The summed E-state index contributed by atoms with van der Waals surface area (Å²) in [5.74, 6) is -0.131. The molecule has 0 fully saturated rings. The Morgan fingerprint density at radius 1 is 1.31 bits per heavy atom. The molecular weight excluding hydrogens is 440 g/mol. The number of aryl methyl sites for hydroxylation is 2. The van der Waals surface area contributed by atoms with Gasteiger partial charge in [-0.1, -0.05) is 36.9 Å². The highest BCUT2D eigenvalue weighted by Gasteiger charge is 2.26. The quantitative estimate of drug-likeness (QED) is 0.426. The summed E-state index contributed by atoms with van der Waals surface area (Å²) < 4.78 is 2.00. The van der Waals surface area contributed by atoms with Crippen LogP contribution in [0.1, 0.15) is 42.2 Å². The van der Waals surface area contributed by atoms with Crippen LogP contribution in [-0.4, -0.2) is 30.9 Å². The lowest BCUT2D eigenvalue weighted by Crippen LogP contribution is -2.24. The topological polar surface area (TPSA) is 96.5 Å². The molecule has 0 bridgehead atoms. The largest absolute Gasteiger partial charge is 0.327 e. The van der Waals surface area contributed by atoms with Crippen molar-refractivity contribution >= 4 is 56.1 Å². The van der Waals surface area contributed by atoms with Crippen molar-refractivity contribution in [2.75, 3.05) is 5.32 Å². The molecule has 0 aliphatic heterocycles. The lowest BCUT2D eigenvalue weighted by molar-refractivity contribution is -0.115. The molecule has 1 N–H and O–H groups in total. The first-order chi connectivity index (χ1) is 15.6. The van der Waals surface area contributed by atoms with Crippen molar-refractivity contribution in [2.45, 2.75) is 49.4 Å². The molecule has 0 spiro atoms. The minimum absolute atomic E-state index is 0.131. The first-order valence-electron chi connectivity index (χ1n) is 10.7. The van der Waals surface area contributed by atoms with Crippen LogP contribution in [-0.2, 0) is 24.7 Å². The number of nitrogens with one attached hydrogen (secondary N) is 1. The minimum Gasteiger partial charge on any atom is -0.327 e. The maximum Gasteiger partial charge on any atom is 0.238 e. The lowest BCUT2D eigenvalue weighted by Gasteiger charge is -2.13. The molecule has 1 amide bonds. The van der Waals surface area contributed by atoms with Crippen LogP contribution < -0.4 is 5.32 Å². The van der Waals surface area contributed by atoms with Crippen LogP contribution in [0.5, 0.6) is 0 Å². The van der Waals surface area contributed by atoms with Crippen molar-refractivity contribution in [3.63, 3.8) is 0 Å². The number of aromatic nitrogens is 4. The smallest absolute Gasteiger partial charge is 0.238 e. The molecule has 0 saturated carbocycles. The fraction of sp³-hybridized carbons (Fsp3) is 0.348. The van der Waals surface area contributed by atoms with Crippen molar-refractivity contribution in [3.8, 4) is 6.07 Å². The molecule has 3 heterocycles. The number of hydrogen-bond donors (Lipinski definition) is 1. The Balaban J connectivity index is 1.40. The van der Waals surface area contributed by atoms with Crippen molar-refractivity contribution in [2.24, 2.45) is 7.05 Å². The number of nitrogens with zero attached hydrogens (tertiary/aromatic N) is 5. The highest BCUT2D eigenvalue weighted by molar-refractivity contribution is 8.00. The number of thiophene rings is 1. The van der Waals surface area contributed by atoms with Gasteiger partial charge in [-0.05, 0) is 43.7 Å². The van der Waals surface area contributed by atoms with Gasteiger partial charge in [0.1, 0.15) is 16.6 Å². The van der Waals surface area contributed by atoms with E-state index in [1.165, 1.54) is 16.6 Å². The molecule has 162 valence electrons. The van der Waals surface area contributed by atoms with E-state index < -0.39 is 0 Å². The van der Waals surface area contributed by atoms with Gasteiger partial charge in [0.15, 0.2) is 5.65 Å². The Bertz CT molecular complexity index is 1380. The van der Waals surface area contributed by atoms with E-state index in [2.05, 4.69) is 21.6 Å². The molecule has 32 heavy (non-hydrogen) atoms. The predicted molar refractivity (Wildman–Crippen MR) is 128 cm³/mol. The Morgan fingerprint density at radius 3 is 2.94 bits per heavy atom. The van der Waals surface area contributed by atoms with Gasteiger partial charge in [0.25, 0.3) is 0 Å². The first kappa shape index (κ1) is 20.9. The number of carbonyl (C=O) groups is 1. The number of hydrogen-bond acceptors (Lipinski definition) is 7. The summed E-state index contributed by atoms with van der Waals surface area (Å²) in [6, 6.07) is 10.3. The average molecular weight is 463 g/mol. The molecule has 4 aromatic rings. The molecule has 5 rings (SSSR count). The number of thioether (sulfide) groups is 1. The van der Waals surface area contributed by atoms with Crippen LogP contribution >= 0.6 is 23.1 Å². The third-order valence-electron chi connectivity index (χ3n) is 5.92. The molecular formula is C23H22N6OS2. The molecule has 0 radical (unpaired) electrons. The van der Waals surface area contributed by atoms with Gasteiger partial charge >= 0.3 is 0 Å². The van der Waals surface area contributed by atoms with E-state index in [1.54, 1.807) is 11.3 Å². The summed E-state index contributed by atoms with van der Waals surface area (Å²) in [4.78, 5) is 19.0. The van der Waals surface area contributed by atoms with Gasteiger partial charge in [-0.15, -0.1) is 21.5 Å². The first-order valence-corrected chi connectivity index (χ1v) is 12.4. The second-order valence-corrected chi connectivity index (χ2v) is 10.1. The van der Waals surface area contributed by atoms with E-state index in [9.17, 15) is 10.1 Å². The van der Waals surface area contributed by atoms with E-state index >= 15 is 0 Å². The number of para-hydroxylation sites is 1. The minimum atomic E-state index is -0.380. The van der Waals surface area contributed by atoms with Crippen molar-refractivity contribution in [1.29, 1.82) is 5.26 Å². The van der Waals surface area contributed by atoms with Gasteiger partial charge in [0.05, 0.1) is 16.3 Å². The number of anilines is 1. The number of carbonyl (C=O) groups excluding carboxylic acids is 1. The third kappa shape index (κ3) is 3.53. The molecule has 1 atom stereocenters. The van der Waals surface area contributed by atoms with Gasteiger partial charge in [-0.2, -0.15) is 5.26 Å². The van der Waals surface area contributed by atoms with Crippen LogP contribution in [0.3, 0.4) is 0 Å². The zero-order valence-corrected chi connectivity index (χ0v) is 19.5. The van der Waals surface area contributed by atoms with Crippen LogP contribution in [0.25, 0.3) is 22.1 Å². The zero-order chi connectivity index (χ0) is 22.2. The summed E-state index contributed by atoms with van der Waals surface area (Å²) >= 11 is 2.85. The molecule has 0 saturated heterocycles. The highest BCUT2D eigenvalue weighted by atomic mass is 32.2. The second-order valence-electron chi connectivity index (χ2n) is 7.87. The van der Waals surface area contributed by atoms with Gasteiger partial charge in [-0.3, -0.25) is 4.79 Å². The zero-order valence-electron chi connectivity index (χ0n) is 17.9. The number of nitriles is 1. The fourth-order valence-corrected chi connectivity index (χ4v) is 6.31. The molecule has 9 heteroatoms. The van der Waals surface area contributed by atoms with Crippen LogP contribution in [0, 0.1) is 11.3 Å². The maximum absolute atomic E-state index is 13.1. The fourth-order valence-electron chi connectivity index (χ4n) is 4.26. The van der Waals surface area contributed by atoms with E-state index in [1.807, 2.05) is 42.8 Å². The van der Waals surface area contributed by atoms with Gasteiger partial charge in [0.2, 0.25) is 11.1 Å². The number of fused-ring (bicyclic) bond motifs is 4. The van der Waals surface area contributed by atoms with Crippen LogP contribution in [0.15, 0.2) is 29.4 Å². The van der Waals surface area contributed by atoms with E-state index in [0.29, 0.717) is 22.1 Å². The Labute approximate surface area is 193 Å². The highest BCUT2D eigenvalue weighted by Crippen LogP contribution is 2.38. The van der Waals surface area contributed by atoms with Gasteiger partial charge in [-0.25, -0.2) is 4.98 Å². The normalized spacial score (nSPS) is 14.3. The monoisotopic (exact) mass is 462 g/mol. The number of benzene rings is 1. The van der Waals surface area contributed by atoms with Crippen molar-refractivity contribution < 1.29 is 4.79 Å². The summed E-state index contributed by atoms with van der Waals surface area (Å²) in [5.41, 5.74) is 4.30. The molecule has 1 aromatic carbocycles. The van der Waals surface area contributed by atoms with E-state index in [-0.39, 0.29) is 11.2 Å². The number of amides is 1. The summed E-state index contributed by atoms with van der Waals surface area (Å²) in [5, 5.41) is 23.1. The Morgan fingerprint density at radius 2 is 2.12 bits per heavy atom. The Hall–Kier alpha value is -2.96. The van der Waals surface area contributed by atoms with Crippen LogP contribution in [0.2, 0.25) is 0 Å². The maximum atomic E-state index is 13.1. The molecule has 1 aliphatic carbocycles. The molecule has 7 nitrogen and oxygen atoms in total. The average Bonchev–Trinajstić information content (AvgIpc) is 3.32. The SMILES string of the molecule is CCC(Sc1nnc2c3ccccc3n(C)c2n1)C(=O)Nc1sc2c(c1C#N)CCCC2. The van der Waals surface area contributed by atoms with Gasteiger partial charge in [0, 0.05) is 17.3 Å².